The second kappa shape index (κ2) is 10.9. The summed E-state index contributed by atoms with van der Waals surface area (Å²) >= 11 is 0. The summed E-state index contributed by atoms with van der Waals surface area (Å²) in [5, 5.41) is 9.38. The number of carbonyl (C=O) groups excluding carboxylic acids is 1. The Bertz CT molecular complexity index is 1020. The molecule has 0 fully saturated rings. The van der Waals surface area contributed by atoms with E-state index in [-0.39, 0.29) is 17.8 Å². The Hall–Kier alpha value is -3.74. The predicted octanol–water partition coefficient (Wildman–Crippen LogP) is 3.97. The molecule has 0 spiro atoms. The van der Waals surface area contributed by atoms with Gasteiger partial charge in [-0.25, -0.2) is 0 Å². The topological polar surface area (TPSA) is 87.9 Å². The molecule has 3 rings (SSSR count). The van der Waals surface area contributed by atoms with E-state index in [9.17, 15) is 4.79 Å². The third-order valence-corrected chi connectivity index (χ3v) is 4.59. The van der Waals surface area contributed by atoms with Gasteiger partial charge in [-0.2, -0.15) is 0 Å². The van der Waals surface area contributed by atoms with Gasteiger partial charge < -0.3 is 25.1 Å². The van der Waals surface area contributed by atoms with Gasteiger partial charge in [0, 0.05) is 19.3 Å². The Morgan fingerprint density at radius 2 is 1.94 bits per heavy atom. The molecule has 1 atom stereocenters. The van der Waals surface area contributed by atoms with Crippen LogP contribution in [0, 0.1) is 6.92 Å². The predicted molar refractivity (Wildman–Crippen MR) is 123 cm³/mol. The van der Waals surface area contributed by atoms with Crippen LogP contribution in [-0.4, -0.2) is 31.6 Å². The van der Waals surface area contributed by atoms with Crippen molar-refractivity contribution in [2.75, 3.05) is 18.9 Å². The van der Waals surface area contributed by atoms with Gasteiger partial charge in [0.05, 0.1) is 12.8 Å². The van der Waals surface area contributed by atoms with Gasteiger partial charge in [0.25, 0.3) is 5.91 Å². The van der Waals surface area contributed by atoms with Crippen molar-refractivity contribution >= 4 is 17.6 Å². The third kappa shape index (κ3) is 6.64. The van der Waals surface area contributed by atoms with Gasteiger partial charge in [0.15, 0.2) is 11.7 Å². The minimum atomic E-state index is -0.282. The first kappa shape index (κ1) is 22.0. The van der Waals surface area contributed by atoms with Crippen LogP contribution in [0.4, 0.5) is 5.69 Å². The zero-order valence-corrected chi connectivity index (χ0v) is 18.0. The van der Waals surface area contributed by atoms with Crippen LogP contribution in [-0.2, 0) is 6.54 Å². The van der Waals surface area contributed by atoms with Crippen LogP contribution < -0.4 is 20.7 Å². The van der Waals surface area contributed by atoms with Crippen LogP contribution in [0.5, 0.6) is 5.75 Å². The number of benzene rings is 2. The van der Waals surface area contributed by atoms with Crippen molar-refractivity contribution in [2.24, 2.45) is 4.99 Å². The molecule has 3 N–H and O–H groups in total. The van der Waals surface area contributed by atoms with Crippen molar-refractivity contribution in [3.8, 4) is 5.75 Å². The molecule has 0 aliphatic heterocycles. The van der Waals surface area contributed by atoms with Crippen molar-refractivity contribution in [3.05, 3.63) is 83.8 Å². The van der Waals surface area contributed by atoms with Crippen LogP contribution in [0.2, 0.25) is 0 Å². The number of para-hydroxylation sites is 1. The summed E-state index contributed by atoms with van der Waals surface area (Å²) < 4.78 is 11.1. The van der Waals surface area contributed by atoms with E-state index in [2.05, 4.69) is 20.9 Å². The second-order valence-electron chi connectivity index (χ2n) is 7.13. The fourth-order valence-corrected chi connectivity index (χ4v) is 2.95. The van der Waals surface area contributed by atoms with Gasteiger partial charge in [0.1, 0.15) is 11.9 Å². The lowest BCUT2D eigenvalue weighted by Crippen LogP contribution is -2.41. The first-order valence-corrected chi connectivity index (χ1v) is 10.2. The number of nitrogens with one attached hydrogen (secondary N) is 3. The Kier molecular flexibility index (Phi) is 7.70. The number of rotatable bonds is 8. The molecule has 0 aliphatic rings. The molecule has 162 valence electrons. The van der Waals surface area contributed by atoms with Gasteiger partial charge in [-0.3, -0.25) is 9.79 Å². The zero-order valence-electron chi connectivity index (χ0n) is 18.0. The summed E-state index contributed by atoms with van der Waals surface area (Å²) in [6, 6.07) is 18.9. The first-order chi connectivity index (χ1) is 15.0. The summed E-state index contributed by atoms with van der Waals surface area (Å²) in [5.74, 6) is 1.55. The highest BCUT2D eigenvalue weighted by atomic mass is 16.5. The van der Waals surface area contributed by atoms with Crippen LogP contribution in [0.1, 0.15) is 28.6 Å². The van der Waals surface area contributed by atoms with E-state index in [1.165, 1.54) is 6.26 Å². The van der Waals surface area contributed by atoms with Crippen LogP contribution in [0.3, 0.4) is 0 Å². The molecule has 1 amide bonds. The smallest absolute Gasteiger partial charge is 0.291 e. The molecule has 0 aliphatic carbocycles. The lowest BCUT2D eigenvalue weighted by atomic mass is 10.2. The number of hydrogen-bond acceptors (Lipinski definition) is 4. The van der Waals surface area contributed by atoms with Gasteiger partial charge in [-0.05, 0) is 55.3 Å². The van der Waals surface area contributed by atoms with Crippen molar-refractivity contribution < 1.29 is 13.9 Å². The van der Waals surface area contributed by atoms with E-state index in [0.29, 0.717) is 24.7 Å². The normalized spacial score (nSPS) is 12.2. The Balaban J connectivity index is 1.48. The van der Waals surface area contributed by atoms with Crippen LogP contribution in [0.25, 0.3) is 0 Å². The Labute approximate surface area is 182 Å². The maximum Gasteiger partial charge on any atom is 0.291 e. The number of furan rings is 1. The maximum absolute atomic E-state index is 12.1. The molecule has 7 heteroatoms. The number of ether oxygens (including phenoxy) is 1. The molecule has 31 heavy (non-hydrogen) atoms. The van der Waals surface area contributed by atoms with E-state index < -0.39 is 0 Å². The molecule has 1 unspecified atom stereocenters. The largest absolute Gasteiger partial charge is 0.489 e. The molecule has 7 nitrogen and oxygen atoms in total. The number of carbonyl (C=O) groups is 1. The Morgan fingerprint density at radius 3 is 2.68 bits per heavy atom. The molecular weight excluding hydrogens is 392 g/mol. The average Bonchev–Trinajstić information content (AvgIpc) is 3.31. The number of guanidine groups is 1. The Morgan fingerprint density at radius 1 is 1.10 bits per heavy atom. The fraction of sp³-hybridized carbons (Fsp3) is 0.250. The minimum absolute atomic E-state index is 0.0280. The number of aryl methyl sites for hydroxylation is 1. The van der Waals surface area contributed by atoms with E-state index in [4.69, 9.17) is 9.15 Å². The monoisotopic (exact) mass is 420 g/mol. The van der Waals surface area contributed by atoms with Crippen LogP contribution >= 0.6 is 0 Å². The van der Waals surface area contributed by atoms with Gasteiger partial charge in [-0.1, -0.05) is 30.3 Å². The summed E-state index contributed by atoms with van der Waals surface area (Å²) in [5.41, 5.74) is 2.81. The molecule has 1 aromatic heterocycles. The molecule has 0 saturated heterocycles. The van der Waals surface area contributed by atoms with Crippen LogP contribution in [0.15, 0.2) is 76.3 Å². The lowest BCUT2D eigenvalue weighted by molar-refractivity contribution is 0.0996. The number of nitrogens with zero attached hydrogens (tertiary/aromatic N) is 1. The molecule has 1 heterocycles. The van der Waals surface area contributed by atoms with Gasteiger partial charge in [-0.15, -0.1) is 0 Å². The molecule has 0 radical (unpaired) electrons. The maximum atomic E-state index is 12.1. The number of anilines is 1. The van der Waals surface area contributed by atoms with E-state index in [1.54, 1.807) is 19.2 Å². The number of hydrogen-bond donors (Lipinski definition) is 3. The highest BCUT2D eigenvalue weighted by Gasteiger charge is 2.10. The SMILES string of the molecule is CN=C(NCc1cccc(NC(=O)c2ccco2)c1)NCC(C)Oc1ccccc1C. The van der Waals surface area contributed by atoms with Gasteiger partial charge >= 0.3 is 0 Å². The second-order valence-corrected chi connectivity index (χ2v) is 7.13. The summed E-state index contributed by atoms with van der Waals surface area (Å²) in [6.45, 7) is 5.20. The standard InChI is InChI=1S/C24H28N4O3/c1-17-8-4-5-11-21(17)31-18(2)15-26-24(25-3)27-16-19-9-6-10-20(14-19)28-23(29)22-12-7-13-30-22/h4-14,18H,15-16H2,1-3H3,(H,28,29)(H2,25,26,27). The van der Waals surface area contributed by atoms with E-state index in [1.807, 2.05) is 62.4 Å². The highest BCUT2D eigenvalue weighted by Crippen LogP contribution is 2.17. The molecule has 3 aromatic rings. The number of amides is 1. The minimum Gasteiger partial charge on any atom is -0.489 e. The van der Waals surface area contributed by atoms with Crippen molar-refractivity contribution in [2.45, 2.75) is 26.5 Å². The summed E-state index contributed by atoms with van der Waals surface area (Å²) in [6.07, 6.45) is 1.45. The zero-order chi connectivity index (χ0) is 22.1. The lowest BCUT2D eigenvalue weighted by Gasteiger charge is -2.19. The number of aliphatic imine (C=N–C) groups is 1. The van der Waals surface area contributed by atoms with E-state index in [0.717, 1.165) is 16.9 Å². The van der Waals surface area contributed by atoms with Gasteiger partial charge in [0.2, 0.25) is 0 Å². The summed E-state index contributed by atoms with van der Waals surface area (Å²) in [7, 11) is 1.72. The first-order valence-electron chi connectivity index (χ1n) is 10.2. The molecule has 2 aromatic carbocycles. The van der Waals surface area contributed by atoms with Crippen molar-refractivity contribution in [3.63, 3.8) is 0 Å². The molecular formula is C24H28N4O3. The molecule has 0 bridgehead atoms. The third-order valence-electron chi connectivity index (χ3n) is 4.59. The fourth-order valence-electron chi connectivity index (χ4n) is 2.95. The average molecular weight is 421 g/mol. The van der Waals surface area contributed by atoms with E-state index >= 15 is 0 Å². The molecule has 0 saturated carbocycles. The van der Waals surface area contributed by atoms with Crippen molar-refractivity contribution in [1.82, 2.24) is 10.6 Å². The van der Waals surface area contributed by atoms with Crippen molar-refractivity contribution in [1.29, 1.82) is 0 Å². The quantitative estimate of drug-likeness (QED) is 0.379. The highest BCUT2D eigenvalue weighted by molar-refractivity contribution is 6.02. The summed E-state index contributed by atoms with van der Waals surface area (Å²) in [4.78, 5) is 16.4.